The highest BCUT2D eigenvalue weighted by atomic mass is 32.2. The van der Waals surface area contributed by atoms with Crippen LogP contribution < -0.4 is 4.90 Å². The number of tetrazole rings is 1. The van der Waals surface area contributed by atoms with Crippen molar-refractivity contribution in [3.05, 3.63) is 30.3 Å². The van der Waals surface area contributed by atoms with Gasteiger partial charge in [-0.2, -0.15) is 0 Å². The molecule has 2 saturated heterocycles. The quantitative estimate of drug-likeness (QED) is 0.414. The normalized spacial score (nSPS) is 25.0. The number of hydrogen-bond acceptors (Lipinski definition) is 9. The van der Waals surface area contributed by atoms with Gasteiger partial charge in [-0.1, -0.05) is 30.0 Å². The number of anilines is 1. The summed E-state index contributed by atoms with van der Waals surface area (Å²) in [5.41, 5.74) is -0.655. The number of rotatable bonds is 7. The van der Waals surface area contributed by atoms with E-state index in [1.807, 2.05) is 0 Å². The van der Waals surface area contributed by atoms with Gasteiger partial charge in [0, 0.05) is 30.8 Å². The largest absolute Gasteiger partial charge is 0.481 e. The molecule has 0 spiro atoms. The van der Waals surface area contributed by atoms with Crippen molar-refractivity contribution in [2.75, 3.05) is 29.6 Å². The van der Waals surface area contributed by atoms with Crippen molar-refractivity contribution in [2.24, 2.45) is 12.5 Å². The second kappa shape index (κ2) is 8.48. The summed E-state index contributed by atoms with van der Waals surface area (Å²) in [6, 6.07) is 7.90. The third-order valence-electron chi connectivity index (χ3n) is 5.35. The Bertz CT molecular complexity index is 1000. The summed E-state index contributed by atoms with van der Waals surface area (Å²) in [4.78, 5) is 40.5. The molecule has 2 aliphatic heterocycles. The number of hydrogen-bond donors (Lipinski definition) is 2. The van der Waals surface area contributed by atoms with Crippen LogP contribution in [0.3, 0.4) is 0 Å². The number of nitrogens with zero attached hydrogens (tertiary/aromatic N) is 6. The van der Waals surface area contributed by atoms with Gasteiger partial charge in [-0.25, -0.2) is 4.68 Å². The number of β-lactam (4-membered cyclic amide) rings is 1. The van der Waals surface area contributed by atoms with Crippen LogP contribution in [0.4, 0.5) is 5.69 Å². The number of aliphatic hydroxyl groups excluding tert-OH is 1. The monoisotopic (exact) mass is 464 g/mol. The van der Waals surface area contributed by atoms with E-state index in [-0.39, 0.29) is 29.3 Å². The Morgan fingerprint density at radius 1 is 1.35 bits per heavy atom. The summed E-state index contributed by atoms with van der Waals surface area (Å²) in [6.45, 7) is -0.693. The molecular weight excluding hydrogens is 444 g/mol. The first kappa shape index (κ1) is 21.6. The topological polar surface area (TPSA) is 142 Å². The molecule has 11 nitrogen and oxygen atoms in total. The van der Waals surface area contributed by atoms with Gasteiger partial charge in [0.15, 0.2) is 0 Å². The minimum Gasteiger partial charge on any atom is -0.481 e. The van der Waals surface area contributed by atoms with E-state index in [9.17, 15) is 24.6 Å². The number of thioether (sulfide) groups is 2. The SMILES string of the molecule is Cn1nnnc1SCC1(C(=O)O)CS[C@@H]2C(N(C(=O)CO)c3ccccc3)C(=O)N2C1. The smallest absolute Gasteiger partial charge is 0.313 e. The number of benzene rings is 1. The molecule has 3 heterocycles. The van der Waals surface area contributed by atoms with Crippen LogP contribution >= 0.6 is 23.5 Å². The van der Waals surface area contributed by atoms with E-state index >= 15 is 0 Å². The first-order chi connectivity index (χ1) is 14.9. The molecule has 0 aliphatic carbocycles. The lowest BCUT2D eigenvalue weighted by Gasteiger charge is -2.56. The van der Waals surface area contributed by atoms with Crippen LogP contribution in [0.2, 0.25) is 0 Å². The number of carbonyl (C=O) groups is 3. The van der Waals surface area contributed by atoms with Gasteiger partial charge in [0.2, 0.25) is 11.1 Å². The highest BCUT2D eigenvalue weighted by Crippen LogP contribution is 2.46. The van der Waals surface area contributed by atoms with Gasteiger partial charge in [0.05, 0.1) is 0 Å². The summed E-state index contributed by atoms with van der Waals surface area (Å²) >= 11 is 2.55. The standard InChI is InChI=1S/C18H20N6O5S2/c1-22-17(19-20-21-22)31-10-18(16(28)29)8-23-14(27)13(15(23)30-9-18)24(12(26)7-25)11-5-3-2-4-6-11/h2-6,13,15,25H,7-10H2,1H3,(H,28,29)/t13?,15-,18?/m1/s1. The van der Waals surface area contributed by atoms with Crippen LogP contribution in [-0.2, 0) is 21.4 Å². The van der Waals surface area contributed by atoms with Crippen molar-refractivity contribution in [2.45, 2.75) is 16.6 Å². The Kier molecular flexibility index (Phi) is 5.90. The zero-order chi connectivity index (χ0) is 22.2. The first-order valence-corrected chi connectivity index (χ1v) is 11.4. The second-order valence-electron chi connectivity index (χ2n) is 7.33. The highest BCUT2D eigenvalue weighted by molar-refractivity contribution is 8.00. The fourth-order valence-corrected chi connectivity index (χ4v) is 6.41. The maximum Gasteiger partial charge on any atom is 0.313 e. The summed E-state index contributed by atoms with van der Waals surface area (Å²) in [5, 5.41) is 30.7. The van der Waals surface area contributed by atoms with E-state index in [2.05, 4.69) is 15.5 Å². The van der Waals surface area contributed by atoms with Crippen LogP contribution in [0.15, 0.2) is 35.5 Å². The molecule has 2 aromatic rings. The van der Waals surface area contributed by atoms with Gasteiger partial charge in [-0.05, 0) is 22.6 Å². The summed E-state index contributed by atoms with van der Waals surface area (Å²) in [5.74, 6) is -1.45. The van der Waals surface area contributed by atoms with Crippen molar-refractivity contribution in [3.8, 4) is 0 Å². The predicted molar refractivity (Wildman–Crippen MR) is 112 cm³/mol. The van der Waals surface area contributed by atoms with Crippen LogP contribution in [-0.4, -0.2) is 89.2 Å². The number of aliphatic carboxylic acids is 1. The van der Waals surface area contributed by atoms with Gasteiger partial charge in [0.1, 0.15) is 23.4 Å². The zero-order valence-corrected chi connectivity index (χ0v) is 18.1. The zero-order valence-electron chi connectivity index (χ0n) is 16.5. The van der Waals surface area contributed by atoms with E-state index < -0.39 is 29.9 Å². The van der Waals surface area contributed by atoms with E-state index in [4.69, 9.17) is 0 Å². The molecule has 2 aliphatic rings. The average Bonchev–Trinajstić information content (AvgIpc) is 3.20. The van der Waals surface area contributed by atoms with E-state index in [0.29, 0.717) is 10.8 Å². The number of carboxylic acids is 1. The number of amides is 2. The van der Waals surface area contributed by atoms with Gasteiger partial charge >= 0.3 is 5.97 Å². The Morgan fingerprint density at radius 2 is 2.10 bits per heavy atom. The van der Waals surface area contributed by atoms with Gasteiger partial charge < -0.3 is 15.1 Å². The average molecular weight is 465 g/mol. The molecule has 1 aromatic heterocycles. The van der Waals surface area contributed by atoms with E-state index in [0.717, 1.165) is 0 Å². The maximum atomic E-state index is 13.0. The molecular formula is C18H20N6O5S2. The number of aromatic nitrogens is 4. The number of aryl methyl sites for hydroxylation is 1. The van der Waals surface area contributed by atoms with Gasteiger partial charge in [-0.3, -0.25) is 19.3 Å². The molecule has 2 amide bonds. The number of carboxylic acid groups (broad SMARTS) is 1. The molecule has 2 unspecified atom stereocenters. The molecule has 3 atom stereocenters. The molecule has 1 aromatic carbocycles. The number of para-hydroxylation sites is 1. The third-order valence-corrected chi connectivity index (χ3v) is 8.22. The fraction of sp³-hybridized carbons (Fsp3) is 0.444. The van der Waals surface area contributed by atoms with Crippen molar-refractivity contribution in [1.82, 2.24) is 25.1 Å². The Labute approximate surface area is 185 Å². The van der Waals surface area contributed by atoms with Crippen LogP contribution in [0.5, 0.6) is 0 Å². The Morgan fingerprint density at radius 3 is 2.71 bits per heavy atom. The molecule has 2 N–H and O–H groups in total. The minimum atomic E-state index is -1.17. The Balaban J connectivity index is 1.53. The molecule has 0 saturated carbocycles. The molecule has 0 radical (unpaired) electrons. The molecule has 0 bridgehead atoms. The van der Waals surface area contributed by atoms with E-state index in [1.54, 1.807) is 37.4 Å². The first-order valence-electron chi connectivity index (χ1n) is 9.36. The summed E-state index contributed by atoms with van der Waals surface area (Å²) in [7, 11) is 1.67. The van der Waals surface area contributed by atoms with Gasteiger partial charge in [-0.15, -0.1) is 16.9 Å². The molecule has 4 rings (SSSR count). The second-order valence-corrected chi connectivity index (χ2v) is 9.38. The van der Waals surface area contributed by atoms with E-state index in [1.165, 1.54) is 38.0 Å². The predicted octanol–water partition coefficient (Wildman–Crippen LogP) is -0.318. The Hall–Kier alpha value is -2.64. The lowest BCUT2D eigenvalue weighted by molar-refractivity contribution is -0.156. The molecule has 164 valence electrons. The van der Waals surface area contributed by atoms with Crippen LogP contribution in [0, 0.1) is 5.41 Å². The minimum absolute atomic E-state index is 0.0313. The summed E-state index contributed by atoms with van der Waals surface area (Å²) < 4.78 is 1.46. The van der Waals surface area contributed by atoms with Crippen molar-refractivity contribution in [1.29, 1.82) is 0 Å². The number of fused-ring (bicyclic) bond motifs is 1. The molecule has 2 fully saturated rings. The molecule has 13 heteroatoms. The lowest BCUT2D eigenvalue weighted by Crippen LogP contribution is -2.75. The lowest BCUT2D eigenvalue weighted by atomic mass is 9.89. The van der Waals surface area contributed by atoms with Crippen molar-refractivity contribution in [3.63, 3.8) is 0 Å². The highest BCUT2D eigenvalue weighted by Gasteiger charge is 2.59. The number of aliphatic hydroxyl groups is 1. The third kappa shape index (κ3) is 3.77. The van der Waals surface area contributed by atoms with Crippen LogP contribution in [0.25, 0.3) is 0 Å². The van der Waals surface area contributed by atoms with Crippen LogP contribution in [0.1, 0.15) is 0 Å². The fourth-order valence-electron chi connectivity index (χ4n) is 3.66. The van der Waals surface area contributed by atoms with Gasteiger partial charge in [0.25, 0.3) is 5.91 Å². The molecule has 31 heavy (non-hydrogen) atoms. The van der Waals surface area contributed by atoms with Crippen molar-refractivity contribution < 1.29 is 24.6 Å². The maximum absolute atomic E-state index is 13.0. The summed E-state index contributed by atoms with van der Waals surface area (Å²) in [6.07, 6.45) is 0. The number of carbonyl (C=O) groups excluding carboxylic acids is 2. The van der Waals surface area contributed by atoms with Crippen molar-refractivity contribution >= 4 is 47.0 Å².